The van der Waals surface area contributed by atoms with E-state index < -0.39 is 11.7 Å². The molecule has 17 heavy (non-hydrogen) atoms. The Balaban J connectivity index is 4.56. The molecule has 0 aromatic carbocycles. The van der Waals surface area contributed by atoms with E-state index in [2.05, 4.69) is 6.58 Å². The molecule has 0 heterocycles. The van der Waals surface area contributed by atoms with E-state index >= 15 is 0 Å². The largest absolute Gasteiger partial charge is 0.444 e. The fourth-order valence-electron chi connectivity index (χ4n) is 1.24. The van der Waals surface area contributed by atoms with Gasteiger partial charge in [-0.25, -0.2) is 4.79 Å². The van der Waals surface area contributed by atoms with Crippen LogP contribution in [0.1, 0.15) is 27.7 Å². The number of carbonyl (C=O) groups excluding carboxylic acids is 1. The van der Waals surface area contributed by atoms with Gasteiger partial charge in [0.05, 0.1) is 6.61 Å². The summed E-state index contributed by atoms with van der Waals surface area (Å²) in [5.74, 6) is 0. The van der Waals surface area contributed by atoms with E-state index in [0.29, 0.717) is 6.54 Å². The lowest BCUT2D eigenvalue weighted by Gasteiger charge is -2.27. The van der Waals surface area contributed by atoms with Crippen LogP contribution in [0.5, 0.6) is 0 Å². The first kappa shape index (κ1) is 15.7. The summed E-state index contributed by atoms with van der Waals surface area (Å²) in [5, 5.41) is 8.94. The molecule has 0 aliphatic rings. The zero-order valence-electron chi connectivity index (χ0n) is 11.2. The van der Waals surface area contributed by atoms with Gasteiger partial charge in [-0.05, 0) is 27.7 Å². The molecular weight excluding hydrogens is 218 g/mol. The lowest BCUT2D eigenvalue weighted by atomic mass is 10.2. The number of aliphatic hydroxyl groups excluding tert-OH is 1. The lowest BCUT2D eigenvalue weighted by Crippen LogP contribution is -2.39. The van der Waals surface area contributed by atoms with Crippen LogP contribution in [0.3, 0.4) is 0 Å². The SMILES string of the molecule is C=C/C=C(\C)CN(CCO)C(=O)OC(C)(C)C. The van der Waals surface area contributed by atoms with Crippen LogP contribution < -0.4 is 0 Å². The minimum Gasteiger partial charge on any atom is -0.444 e. The van der Waals surface area contributed by atoms with E-state index in [1.807, 2.05) is 33.8 Å². The number of nitrogens with zero attached hydrogens (tertiary/aromatic N) is 1. The molecule has 4 heteroatoms. The number of hydrogen-bond acceptors (Lipinski definition) is 3. The summed E-state index contributed by atoms with van der Waals surface area (Å²) < 4.78 is 5.25. The first-order valence-corrected chi connectivity index (χ1v) is 5.67. The zero-order valence-corrected chi connectivity index (χ0v) is 11.2. The topological polar surface area (TPSA) is 49.8 Å². The molecule has 0 radical (unpaired) electrons. The number of allylic oxidation sites excluding steroid dienone is 2. The first-order chi connectivity index (χ1) is 7.80. The van der Waals surface area contributed by atoms with E-state index in [-0.39, 0.29) is 13.2 Å². The van der Waals surface area contributed by atoms with Gasteiger partial charge in [-0.15, -0.1) is 0 Å². The molecule has 0 aliphatic heterocycles. The molecule has 0 saturated heterocycles. The third kappa shape index (κ3) is 7.58. The Kier molecular flexibility index (Phi) is 6.58. The summed E-state index contributed by atoms with van der Waals surface area (Å²) in [5.41, 5.74) is 0.459. The molecule has 0 fully saturated rings. The van der Waals surface area contributed by atoms with E-state index in [1.165, 1.54) is 4.90 Å². The number of ether oxygens (including phenoxy) is 1. The van der Waals surface area contributed by atoms with Crippen LogP contribution in [0.4, 0.5) is 4.79 Å². The second kappa shape index (κ2) is 7.12. The highest BCUT2D eigenvalue weighted by atomic mass is 16.6. The van der Waals surface area contributed by atoms with Gasteiger partial charge in [0.15, 0.2) is 0 Å². The molecule has 1 amide bonds. The van der Waals surface area contributed by atoms with E-state index in [4.69, 9.17) is 9.84 Å². The molecule has 4 nitrogen and oxygen atoms in total. The van der Waals surface area contributed by atoms with Crippen molar-refractivity contribution in [1.29, 1.82) is 0 Å². The van der Waals surface area contributed by atoms with Crippen molar-refractivity contribution >= 4 is 6.09 Å². The highest BCUT2D eigenvalue weighted by molar-refractivity contribution is 5.68. The number of rotatable bonds is 5. The fourth-order valence-corrected chi connectivity index (χ4v) is 1.24. The van der Waals surface area contributed by atoms with Crippen molar-refractivity contribution in [2.24, 2.45) is 0 Å². The maximum Gasteiger partial charge on any atom is 0.410 e. The number of carbonyl (C=O) groups is 1. The van der Waals surface area contributed by atoms with Gasteiger partial charge >= 0.3 is 6.09 Å². The zero-order chi connectivity index (χ0) is 13.5. The highest BCUT2D eigenvalue weighted by Crippen LogP contribution is 2.11. The Morgan fingerprint density at radius 2 is 2.06 bits per heavy atom. The maximum absolute atomic E-state index is 11.8. The van der Waals surface area contributed by atoms with E-state index in [0.717, 1.165) is 5.57 Å². The number of amides is 1. The smallest absolute Gasteiger partial charge is 0.410 e. The van der Waals surface area contributed by atoms with Gasteiger partial charge in [-0.2, -0.15) is 0 Å². The summed E-state index contributed by atoms with van der Waals surface area (Å²) in [6.07, 6.45) is 3.08. The molecule has 0 rings (SSSR count). The second-order valence-corrected chi connectivity index (χ2v) is 4.87. The summed E-state index contributed by atoms with van der Waals surface area (Å²) in [6, 6.07) is 0. The van der Waals surface area contributed by atoms with Crippen molar-refractivity contribution in [3.8, 4) is 0 Å². The summed E-state index contributed by atoms with van der Waals surface area (Å²) in [7, 11) is 0. The molecule has 1 N–H and O–H groups in total. The molecule has 0 unspecified atom stereocenters. The molecule has 0 aromatic rings. The predicted molar refractivity (Wildman–Crippen MR) is 68.8 cm³/mol. The van der Waals surface area contributed by atoms with Crippen molar-refractivity contribution in [2.75, 3.05) is 19.7 Å². The van der Waals surface area contributed by atoms with Crippen LogP contribution in [0.25, 0.3) is 0 Å². The monoisotopic (exact) mass is 241 g/mol. The van der Waals surface area contributed by atoms with Gasteiger partial charge in [-0.1, -0.05) is 24.3 Å². The third-order valence-corrected chi connectivity index (χ3v) is 1.86. The summed E-state index contributed by atoms with van der Waals surface area (Å²) in [6.45, 7) is 11.5. The van der Waals surface area contributed by atoms with Crippen LogP contribution in [-0.4, -0.2) is 41.4 Å². The minimum atomic E-state index is -0.527. The van der Waals surface area contributed by atoms with E-state index in [1.54, 1.807) is 6.08 Å². The van der Waals surface area contributed by atoms with Crippen molar-refractivity contribution in [2.45, 2.75) is 33.3 Å². The van der Waals surface area contributed by atoms with Gasteiger partial charge in [0.2, 0.25) is 0 Å². The normalized spacial score (nSPS) is 12.2. The van der Waals surface area contributed by atoms with Gasteiger partial charge < -0.3 is 14.7 Å². The molecule has 0 spiro atoms. The Labute approximate surface area is 104 Å². The number of aliphatic hydroxyl groups is 1. The van der Waals surface area contributed by atoms with Crippen molar-refractivity contribution < 1.29 is 14.6 Å². The van der Waals surface area contributed by atoms with Crippen molar-refractivity contribution in [1.82, 2.24) is 4.90 Å². The summed E-state index contributed by atoms with van der Waals surface area (Å²) >= 11 is 0. The lowest BCUT2D eigenvalue weighted by molar-refractivity contribution is 0.0237. The fraction of sp³-hybridized carbons (Fsp3) is 0.615. The number of hydrogen-bond donors (Lipinski definition) is 1. The average Bonchev–Trinajstić information content (AvgIpc) is 2.14. The highest BCUT2D eigenvalue weighted by Gasteiger charge is 2.21. The van der Waals surface area contributed by atoms with Crippen molar-refractivity contribution in [3.63, 3.8) is 0 Å². The molecule has 0 atom stereocenters. The second-order valence-electron chi connectivity index (χ2n) is 4.87. The molecule has 0 aromatic heterocycles. The first-order valence-electron chi connectivity index (χ1n) is 5.67. The van der Waals surface area contributed by atoms with Crippen LogP contribution in [0.2, 0.25) is 0 Å². The molecular formula is C13H23NO3. The van der Waals surface area contributed by atoms with Crippen LogP contribution >= 0.6 is 0 Å². The minimum absolute atomic E-state index is 0.0827. The van der Waals surface area contributed by atoms with Gasteiger partial charge in [0.1, 0.15) is 5.60 Å². The van der Waals surface area contributed by atoms with Gasteiger partial charge in [0.25, 0.3) is 0 Å². The summed E-state index contributed by atoms with van der Waals surface area (Å²) in [4.78, 5) is 13.3. The Morgan fingerprint density at radius 3 is 2.47 bits per heavy atom. The Morgan fingerprint density at radius 1 is 1.47 bits per heavy atom. The van der Waals surface area contributed by atoms with Gasteiger partial charge in [0, 0.05) is 13.1 Å². The Hall–Kier alpha value is -1.29. The van der Waals surface area contributed by atoms with Crippen LogP contribution in [0, 0.1) is 0 Å². The van der Waals surface area contributed by atoms with Gasteiger partial charge in [-0.3, -0.25) is 0 Å². The van der Waals surface area contributed by atoms with Crippen LogP contribution in [-0.2, 0) is 4.74 Å². The van der Waals surface area contributed by atoms with Crippen molar-refractivity contribution in [3.05, 3.63) is 24.3 Å². The third-order valence-electron chi connectivity index (χ3n) is 1.86. The van der Waals surface area contributed by atoms with E-state index in [9.17, 15) is 4.79 Å². The van der Waals surface area contributed by atoms with Crippen LogP contribution in [0.15, 0.2) is 24.3 Å². The maximum atomic E-state index is 11.8. The molecule has 0 aliphatic carbocycles. The molecule has 98 valence electrons. The molecule has 0 saturated carbocycles. The Bertz CT molecular complexity index is 290. The standard InChI is InChI=1S/C13H23NO3/c1-6-7-11(2)10-14(8-9-15)12(16)17-13(3,4)5/h6-7,15H,1,8-10H2,2-5H3/b11-7+. The quantitative estimate of drug-likeness (QED) is 0.752. The predicted octanol–water partition coefficient (Wildman–Crippen LogP) is 2.35. The molecule has 0 bridgehead atoms. The average molecular weight is 241 g/mol.